The van der Waals surface area contributed by atoms with Gasteiger partial charge in [-0.15, -0.1) is 0 Å². The highest BCUT2D eigenvalue weighted by Gasteiger charge is 2.17. The second kappa shape index (κ2) is 9.65. The Labute approximate surface area is 180 Å². The zero-order valence-corrected chi connectivity index (χ0v) is 18.8. The lowest BCUT2D eigenvalue weighted by molar-refractivity contribution is 0.246. The molecule has 2 rings (SSSR count). The van der Waals surface area contributed by atoms with Crippen molar-refractivity contribution >= 4 is 33.7 Å². The second-order valence-electron chi connectivity index (χ2n) is 7.78. The SMILES string of the molecule is CC(C)(C)c1ccc(CNC(=O)NSCc2c(F)ccc(NS(C)(=O)=O)c2F)cc1. The predicted octanol–water partition coefficient (Wildman–Crippen LogP) is 4.28. The van der Waals surface area contributed by atoms with E-state index in [9.17, 15) is 22.0 Å². The number of halogens is 2. The van der Waals surface area contributed by atoms with Gasteiger partial charge in [0.2, 0.25) is 10.0 Å². The van der Waals surface area contributed by atoms with Crippen LogP contribution in [0, 0.1) is 11.6 Å². The van der Waals surface area contributed by atoms with Crippen LogP contribution >= 0.6 is 11.9 Å². The fourth-order valence-electron chi connectivity index (χ4n) is 2.52. The van der Waals surface area contributed by atoms with Gasteiger partial charge in [0.1, 0.15) is 5.82 Å². The third-order valence-electron chi connectivity index (χ3n) is 4.14. The van der Waals surface area contributed by atoms with E-state index in [1.807, 2.05) is 29.0 Å². The Morgan fingerprint density at radius 2 is 1.70 bits per heavy atom. The molecule has 2 amide bonds. The molecule has 0 spiro atoms. The molecule has 0 heterocycles. The van der Waals surface area contributed by atoms with Gasteiger partial charge in [-0.1, -0.05) is 45.0 Å². The van der Waals surface area contributed by atoms with E-state index in [1.165, 1.54) is 5.56 Å². The van der Waals surface area contributed by atoms with Crippen molar-refractivity contribution in [2.75, 3.05) is 11.0 Å². The lowest BCUT2D eigenvalue weighted by Crippen LogP contribution is -2.31. The van der Waals surface area contributed by atoms with Crippen LogP contribution in [0.25, 0.3) is 0 Å². The molecule has 0 bridgehead atoms. The summed E-state index contributed by atoms with van der Waals surface area (Å²) in [6.07, 6.45) is 0.868. The van der Waals surface area contributed by atoms with Crippen LogP contribution in [-0.2, 0) is 27.7 Å². The Hall–Kier alpha value is -2.33. The van der Waals surface area contributed by atoms with Crippen molar-refractivity contribution in [3.8, 4) is 0 Å². The minimum atomic E-state index is -3.71. The maximum atomic E-state index is 14.4. The summed E-state index contributed by atoms with van der Waals surface area (Å²) in [5, 5.41) is 2.67. The molecule has 0 unspecified atom stereocenters. The number of amides is 2. The first-order chi connectivity index (χ1) is 13.9. The van der Waals surface area contributed by atoms with Crippen LogP contribution < -0.4 is 14.8 Å². The first kappa shape index (κ1) is 23.9. The maximum Gasteiger partial charge on any atom is 0.325 e. The number of hydrogen-bond acceptors (Lipinski definition) is 4. The normalized spacial score (nSPS) is 11.8. The molecule has 0 saturated carbocycles. The molecule has 164 valence electrons. The average Bonchev–Trinajstić information content (AvgIpc) is 2.64. The van der Waals surface area contributed by atoms with Gasteiger partial charge in [-0.05, 0) is 40.6 Å². The number of carbonyl (C=O) groups is 1. The smallest absolute Gasteiger partial charge is 0.325 e. The van der Waals surface area contributed by atoms with Crippen LogP contribution in [0.5, 0.6) is 0 Å². The molecule has 2 aromatic carbocycles. The zero-order chi connectivity index (χ0) is 22.5. The number of sulfonamides is 1. The molecule has 10 heteroatoms. The molecule has 0 aliphatic heterocycles. The number of anilines is 1. The fourth-order valence-corrected chi connectivity index (χ4v) is 3.76. The standard InChI is InChI=1S/C20H25F2N3O3S2/c1-20(2,3)14-7-5-13(6-8-14)11-23-19(26)24-29-12-15-16(21)9-10-17(18(15)22)25-30(4,27)28/h5-10,25H,11-12H2,1-4H3,(H2,23,24,26). The van der Waals surface area contributed by atoms with Crippen molar-refractivity contribution < 1.29 is 22.0 Å². The Morgan fingerprint density at radius 1 is 1.07 bits per heavy atom. The lowest BCUT2D eigenvalue weighted by atomic mass is 9.87. The van der Waals surface area contributed by atoms with Crippen molar-refractivity contribution in [2.24, 2.45) is 0 Å². The summed E-state index contributed by atoms with van der Waals surface area (Å²) < 4.78 is 55.3. The Morgan fingerprint density at radius 3 is 2.27 bits per heavy atom. The largest absolute Gasteiger partial charge is 0.333 e. The number of nitrogens with one attached hydrogen (secondary N) is 3. The molecular weight excluding hydrogens is 432 g/mol. The summed E-state index contributed by atoms with van der Waals surface area (Å²) in [5.74, 6) is -2.07. The summed E-state index contributed by atoms with van der Waals surface area (Å²) in [6, 6.07) is 9.34. The number of carbonyl (C=O) groups excluding carboxylic acids is 1. The third-order valence-corrected chi connectivity index (χ3v) is 5.49. The molecule has 0 aromatic heterocycles. The Balaban J connectivity index is 1.88. The summed E-state index contributed by atoms with van der Waals surface area (Å²) in [6.45, 7) is 6.64. The van der Waals surface area contributed by atoms with Gasteiger partial charge in [0.25, 0.3) is 0 Å². The first-order valence-corrected chi connectivity index (χ1v) is 11.9. The van der Waals surface area contributed by atoms with Gasteiger partial charge in [0, 0.05) is 17.9 Å². The minimum Gasteiger partial charge on any atom is -0.333 e. The van der Waals surface area contributed by atoms with Gasteiger partial charge in [0.15, 0.2) is 5.82 Å². The highest BCUT2D eigenvalue weighted by atomic mass is 32.2. The van der Waals surface area contributed by atoms with Crippen LogP contribution in [0.3, 0.4) is 0 Å². The minimum absolute atomic E-state index is 0.0403. The molecule has 0 fully saturated rings. The molecule has 0 aliphatic carbocycles. The van der Waals surface area contributed by atoms with E-state index in [0.29, 0.717) is 6.54 Å². The van der Waals surface area contributed by atoms with Crippen molar-refractivity contribution in [2.45, 2.75) is 38.5 Å². The molecular formula is C20H25F2N3O3S2. The predicted molar refractivity (Wildman–Crippen MR) is 117 cm³/mol. The van der Waals surface area contributed by atoms with E-state index >= 15 is 0 Å². The average molecular weight is 458 g/mol. The fraction of sp³-hybridized carbons (Fsp3) is 0.350. The van der Waals surface area contributed by atoms with Gasteiger partial charge in [-0.3, -0.25) is 9.44 Å². The highest BCUT2D eigenvalue weighted by molar-refractivity contribution is 7.97. The lowest BCUT2D eigenvalue weighted by Gasteiger charge is -2.19. The van der Waals surface area contributed by atoms with Crippen molar-refractivity contribution in [1.29, 1.82) is 0 Å². The molecule has 3 N–H and O–H groups in total. The quantitative estimate of drug-likeness (QED) is 0.542. The van der Waals surface area contributed by atoms with E-state index in [-0.39, 0.29) is 22.4 Å². The van der Waals surface area contributed by atoms with Gasteiger partial charge >= 0.3 is 6.03 Å². The van der Waals surface area contributed by atoms with Crippen LogP contribution in [-0.4, -0.2) is 20.7 Å². The molecule has 6 nitrogen and oxygen atoms in total. The van der Waals surface area contributed by atoms with Crippen molar-refractivity contribution in [1.82, 2.24) is 10.0 Å². The Bertz CT molecular complexity index is 1010. The molecule has 0 atom stereocenters. The van der Waals surface area contributed by atoms with E-state index in [2.05, 4.69) is 30.8 Å². The van der Waals surface area contributed by atoms with Crippen LogP contribution in [0.2, 0.25) is 0 Å². The van der Waals surface area contributed by atoms with E-state index < -0.39 is 27.7 Å². The van der Waals surface area contributed by atoms with Gasteiger partial charge in [-0.2, -0.15) is 0 Å². The molecule has 30 heavy (non-hydrogen) atoms. The molecule has 0 saturated heterocycles. The van der Waals surface area contributed by atoms with E-state index in [1.54, 1.807) is 0 Å². The number of urea groups is 1. The van der Waals surface area contributed by atoms with Crippen LogP contribution in [0.15, 0.2) is 36.4 Å². The summed E-state index contributed by atoms with van der Waals surface area (Å²) >= 11 is 0.791. The highest BCUT2D eigenvalue weighted by Crippen LogP contribution is 2.25. The van der Waals surface area contributed by atoms with E-state index in [4.69, 9.17) is 0 Å². The molecule has 0 radical (unpaired) electrons. The Kier molecular flexibility index (Phi) is 7.70. The van der Waals surface area contributed by atoms with Crippen molar-refractivity contribution in [3.63, 3.8) is 0 Å². The molecule has 0 aliphatic rings. The monoisotopic (exact) mass is 457 g/mol. The van der Waals surface area contributed by atoms with Gasteiger partial charge < -0.3 is 5.32 Å². The zero-order valence-electron chi connectivity index (χ0n) is 17.2. The van der Waals surface area contributed by atoms with Crippen LogP contribution in [0.1, 0.15) is 37.5 Å². The van der Waals surface area contributed by atoms with Crippen molar-refractivity contribution in [3.05, 3.63) is 64.7 Å². The first-order valence-electron chi connectivity index (χ1n) is 9.06. The second-order valence-corrected chi connectivity index (χ2v) is 10.3. The summed E-state index contributed by atoms with van der Waals surface area (Å²) in [5.41, 5.74) is 1.45. The number of benzene rings is 2. The van der Waals surface area contributed by atoms with Gasteiger partial charge in [-0.25, -0.2) is 22.0 Å². The van der Waals surface area contributed by atoms with E-state index in [0.717, 1.165) is 35.9 Å². The molecule has 2 aromatic rings. The summed E-state index contributed by atoms with van der Waals surface area (Å²) in [7, 11) is -3.71. The number of hydrogen-bond donors (Lipinski definition) is 3. The summed E-state index contributed by atoms with van der Waals surface area (Å²) in [4.78, 5) is 11.9. The number of rotatable bonds is 7. The van der Waals surface area contributed by atoms with Gasteiger partial charge in [0.05, 0.1) is 11.9 Å². The van der Waals surface area contributed by atoms with Crippen LogP contribution in [0.4, 0.5) is 19.3 Å². The third kappa shape index (κ3) is 7.17. The topological polar surface area (TPSA) is 87.3 Å². The maximum absolute atomic E-state index is 14.4.